The molecule has 0 aromatic carbocycles. The van der Waals surface area contributed by atoms with Gasteiger partial charge in [0.25, 0.3) is 0 Å². The first-order valence-electron chi connectivity index (χ1n) is 6.46. The van der Waals surface area contributed by atoms with Crippen LogP contribution in [0.25, 0.3) is 0 Å². The SMILES string of the molecule is C#CC(CCC)NC(C)CCCCCC. The molecule has 15 heavy (non-hydrogen) atoms. The summed E-state index contributed by atoms with van der Waals surface area (Å²) in [5.41, 5.74) is 0. The number of hydrogen-bond donors (Lipinski definition) is 1. The van der Waals surface area contributed by atoms with Gasteiger partial charge in [0.2, 0.25) is 0 Å². The minimum Gasteiger partial charge on any atom is -0.301 e. The maximum atomic E-state index is 5.47. The van der Waals surface area contributed by atoms with E-state index in [0.717, 1.165) is 12.8 Å². The van der Waals surface area contributed by atoms with Gasteiger partial charge >= 0.3 is 0 Å². The second kappa shape index (κ2) is 10.1. The van der Waals surface area contributed by atoms with E-state index in [0.29, 0.717) is 6.04 Å². The fourth-order valence-electron chi connectivity index (χ4n) is 1.81. The molecule has 0 rings (SSSR count). The van der Waals surface area contributed by atoms with Crippen LogP contribution in [0.2, 0.25) is 0 Å². The first-order chi connectivity index (χ1) is 7.24. The molecule has 0 aromatic heterocycles. The highest BCUT2D eigenvalue weighted by atomic mass is 14.9. The van der Waals surface area contributed by atoms with Crippen molar-refractivity contribution in [2.75, 3.05) is 0 Å². The summed E-state index contributed by atoms with van der Waals surface area (Å²) in [4.78, 5) is 0. The fraction of sp³-hybridized carbons (Fsp3) is 0.857. The van der Waals surface area contributed by atoms with Crippen LogP contribution in [-0.2, 0) is 0 Å². The maximum Gasteiger partial charge on any atom is 0.0688 e. The lowest BCUT2D eigenvalue weighted by Crippen LogP contribution is -2.35. The smallest absolute Gasteiger partial charge is 0.0688 e. The third kappa shape index (κ3) is 8.51. The molecule has 0 spiro atoms. The number of terminal acetylenes is 1. The zero-order valence-electron chi connectivity index (χ0n) is 10.7. The fourth-order valence-corrected chi connectivity index (χ4v) is 1.81. The van der Waals surface area contributed by atoms with Gasteiger partial charge in [0.05, 0.1) is 6.04 Å². The van der Waals surface area contributed by atoms with E-state index >= 15 is 0 Å². The first-order valence-corrected chi connectivity index (χ1v) is 6.46. The summed E-state index contributed by atoms with van der Waals surface area (Å²) in [6.45, 7) is 6.67. The minimum absolute atomic E-state index is 0.274. The Morgan fingerprint density at radius 2 is 1.80 bits per heavy atom. The lowest BCUT2D eigenvalue weighted by Gasteiger charge is -2.18. The number of rotatable bonds is 9. The molecule has 88 valence electrons. The van der Waals surface area contributed by atoms with E-state index in [1.165, 1.54) is 32.1 Å². The van der Waals surface area contributed by atoms with Crippen molar-refractivity contribution < 1.29 is 0 Å². The zero-order chi connectivity index (χ0) is 11.5. The Hall–Kier alpha value is -0.480. The highest BCUT2D eigenvalue weighted by molar-refractivity contribution is 4.99. The van der Waals surface area contributed by atoms with Crippen molar-refractivity contribution in [1.29, 1.82) is 0 Å². The number of hydrogen-bond acceptors (Lipinski definition) is 1. The predicted molar refractivity (Wildman–Crippen MR) is 68.9 cm³/mol. The molecule has 0 saturated heterocycles. The Morgan fingerprint density at radius 1 is 1.07 bits per heavy atom. The molecule has 0 amide bonds. The Kier molecular flexibility index (Phi) is 9.73. The molecule has 2 unspecified atom stereocenters. The molecule has 1 N–H and O–H groups in total. The monoisotopic (exact) mass is 209 g/mol. The molecule has 1 nitrogen and oxygen atoms in total. The molecule has 0 aliphatic carbocycles. The van der Waals surface area contributed by atoms with Crippen molar-refractivity contribution in [2.24, 2.45) is 0 Å². The van der Waals surface area contributed by atoms with E-state index in [1.807, 2.05) is 0 Å². The molecule has 0 aromatic rings. The quantitative estimate of drug-likeness (QED) is 0.450. The van der Waals surface area contributed by atoms with Crippen molar-refractivity contribution in [3.63, 3.8) is 0 Å². The van der Waals surface area contributed by atoms with Crippen molar-refractivity contribution in [2.45, 2.75) is 77.8 Å². The number of nitrogens with one attached hydrogen (secondary N) is 1. The second-order valence-corrected chi connectivity index (χ2v) is 4.42. The first kappa shape index (κ1) is 14.5. The molecule has 2 atom stereocenters. The summed E-state index contributed by atoms with van der Waals surface area (Å²) in [7, 11) is 0. The minimum atomic E-state index is 0.274. The molecule has 0 aliphatic heterocycles. The Labute approximate surface area is 96.0 Å². The van der Waals surface area contributed by atoms with Gasteiger partial charge < -0.3 is 5.32 Å². The van der Waals surface area contributed by atoms with Crippen molar-refractivity contribution in [3.05, 3.63) is 0 Å². The Bertz CT molecular complexity index is 169. The summed E-state index contributed by atoms with van der Waals surface area (Å²) in [6.07, 6.45) is 14.3. The average Bonchev–Trinajstić information content (AvgIpc) is 2.24. The highest BCUT2D eigenvalue weighted by Gasteiger charge is 2.07. The normalized spacial score (nSPS) is 14.5. The van der Waals surface area contributed by atoms with Crippen molar-refractivity contribution in [3.8, 4) is 12.3 Å². The molecule has 0 heterocycles. The summed E-state index contributed by atoms with van der Waals surface area (Å²) in [5.74, 6) is 2.82. The van der Waals surface area contributed by atoms with Gasteiger partial charge in [-0.2, -0.15) is 0 Å². The number of unbranched alkanes of at least 4 members (excludes halogenated alkanes) is 3. The van der Waals surface area contributed by atoms with E-state index in [4.69, 9.17) is 6.42 Å². The largest absolute Gasteiger partial charge is 0.301 e. The lowest BCUT2D eigenvalue weighted by molar-refractivity contribution is 0.441. The molecule has 0 radical (unpaired) electrons. The Morgan fingerprint density at radius 3 is 2.33 bits per heavy atom. The van der Waals surface area contributed by atoms with Crippen LogP contribution in [0.15, 0.2) is 0 Å². The molecule has 0 fully saturated rings. The topological polar surface area (TPSA) is 12.0 Å². The van der Waals surface area contributed by atoms with Crippen LogP contribution >= 0.6 is 0 Å². The summed E-state index contributed by atoms with van der Waals surface area (Å²) in [6, 6.07) is 0.839. The highest BCUT2D eigenvalue weighted by Crippen LogP contribution is 2.06. The van der Waals surface area contributed by atoms with E-state index in [-0.39, 0.29) is 6.04 Å². The van der Waals surface area contributed by atoms with Crippen LogP contribution in [0, 0.1) is 12.3 Å². The molecule has 0 saturated carbocycles. The van der Waals surface area contributed by atoms with Crippen molar-refractivity contribution >= 4 is 0 Å². The average molecular weight is 209 g/mol. The summed E-state index contributed by atoms with van der Waals surface area (Å²) < 4.78 is 0. The molecule has 0 bridgehead atoms. The van der Waals surface area contributed by atoms with Crippen molar-refractivity contribution in [1.82, 2.24) is 5.32 Å². The van der Waals surface area contributed by atoms with Gasteiger partial charge in [-0.25, -0.2) is 0 Å². The predicted octanol–water partition coefficient (Wildman–Crippen LogP) is 3.74. The summed E-state index contributed by atoms with van der Waals surface area (Å²) >= 11 is 0. The zero-order valence-corrected chi connectivity index (χ0v) is 10.7. The van der Waals surface area contributed by atoms with Crippen LogP contribution < -0.4 is 5.32 Å². The van der Waals surface area contributed by atoms with Crippen LogP contribution in [0.3, 0.4) is 0 Å². The van der Waals surface area contributed by atoms with Gasteiger partial charge in [-0.05, 0) is 19.8 Å². The van der Waals surface area contributed by atoms with Gasteiger partial charge in [0.15, 0.2) is 0 Å². The van der Waals surface area contributed by atoms with Gasteiger partial charge in [0, 0.05) is 6.04 Å². The van der Waals surface area contributed by atoms with Gasteiger partial charge in [-0.1, -0.05) is 51.9 Å². The van der Waals surface area contributed by atoms with Crippen LogP contribution in [0.1, 0.15) is 65.7 Å². The molecule has 0 aliphatic rings. The van der Waals surface area contributed by atoms with E-state index in [2.05, 4.69) is 32.0 Å². The summed E-state index contributed by atoms with van der Waals surface area (Å²) in [5, 5.41) is 3.51. The standard InChI is InChI=1S/C14H27N/c1-5-8-9-10-12-13(4)15-14(7-3)11-6-2/h3,13-15H,5-6,8-12H2,1-2,4H3. The van der Waals surface area contributed by atoms with E-state index < -0.39 is 0 Å². The lowest BCUT2D eigenvalue weighted by atomic mass is 10.1. The Balaban J connectivity index is 3.53. The van der Waals surface area contributed by atoms with Gasteiger partial charge in [-0.3, -0.25) is 0 Å². The third-order valence-corrected chi connectivity index (χ3v) is 2.75. The van der Waals surface area contributed by atoms with Gasteiger partial charge in [-0.15, -0.1) is 6.42 Å². The van der Waals surface area contributed by atoms with E-state index in [1.54, 1.807) is 0 Å². The molecular formula is C14H27N. The second-order valence-electron chi connectivity index (χ2n) is 4.42. The van der Waals surface area contributed by atoms with Crippen LogP contribution in [0.4, 0.5) is 0 Å². The molecular weight excluding hydrogens is 182 g/mol. The third-order valence-electron chi connectivity index (χ3n) is 2.75. The van der Waals surface area contributed by atoms with Crippen LogP contribution in [0.5, 0.6) is 0 Å². The molecule has 1 heteroatoms. The maximum absolute atomic E-state index is 5.47. The van der Waals surface area contributed by atoms with Gasteiger partial charge in [0.1, 0.15) is 0 Å². The van der Waals surface area contributed by atoms with E-state index in [9.17, 15) is 0 Å². The van der Waals surface area contributed by atoms with Crippen LogP contribution in [-0.4, -0.2) is 12.1 Å².